The molecular weight excluding hydrogens is 164 g/mol. The molecule has 0 heterocycles. The van der Waals surface area contributed by atoms with Gasteiger partial charge in [0.1, 0.15) is 0 Å². The van der Waals surface area contributed by atoms with Crippen LogP contribution in [0.5, 0.6) is 0 Å². The van der Waals surface area contributed by atoms with Crippen molar-refractivity contribution in [2.45, 2.75) is 39.3 Å². The molecule has 0 aromatic heterocycles. The average Bonchev–Trinajstić information content (AvgIpc) is 2.05. The molecule has 0 rings (SSSR count). The lowest BCUT2D eigenvalue weighted by Crippen LogP contribution is -2.15. The molecule has 0 N–H and O–H groups in total. The van der Waals surface area contributed by atoms with Gasteiger partial charge in [0.2, 0.25) is 9.04 Å². The average molecular weight is 183 g/mol. The second-order valence-electron chi connectivity index (χ2n) is 3.23. The van der Waals surface area contributed by atoms with E-state index in [2.05, 4.69) is 25.9 Å². The Morgan fingerprint density at radius 3 is 2.58 bits per heavy atom. The Morgan fingerprint density at radius 2 is 2.17 bits per heavy atom. The maximum absolute atomic E-state index is 5.55. The maximum atomic E-state index is 5.55. The molecule has 0 aliphatic heterocycles. The number of hydrogen-bond donors (Lipinski definition) is 0. The molecule has 0 bridgehead atoms. The summed E-state index contributed by atoms with van der Waals surface area (Å²) in [4.78, 5) is 0. The summed E-state index contributed by atoms with van der Waals surface area (Å²) in [5.74, 6) is 3.12. The zero-order valence-corrected chi connectivity index (χ0v) is 9.39. The molecule has 69 valence electrons. The van der Waals surface area contributed by atoms with Crippen molar-refractivity contribution in [2.24, 2.45) is 5.92 Å². The minimum absolute atomic E-state index is 0.338. The van der Waals surface area contributed by atoms with Gasteiger partial charge in [-0.25, -0.2) is 0 Å². The quantitative estimate of drug-likeness (QED) is 0.454. The third-order valence-corrected chi connectivity index (χ3v) is 2.46. The maximum Gasteiger partial charge on any atom is 0.204 e. The van der Waals surface area contributed by atoms with E-state index in [0.29, 0.717) is 5.92 Å². The highest BCUT2D eigenvalue weighted by molar-refractivity contribution is 6.48. The first kappa shape index (κ1) is 11.7. The van der Waals surface area contributed by atoms with Crippen molar-refractivity contribution >= 4 is 9.04 Å². The van der Waals surface area contributed by atoms with Gasteiger partial charge in [-0.3, -0.25) is 0 Å². The van der Waals surface area contributed by atoms with E-state index in [4.69, 9.17) is 10.8 Å². The Morgan fingerprint density at radius 1 is 1.50 bits per heavy atom. The van der Waals surface area contributed by atoms with Gasteiger partial charge in [-0.1, -0.05) is 19.8 Å². The molecule has 2 heteroatoms. The molecule has 0 saturated carbocycles. The second-order valence-corrected chi connectivity index (χ2v) is 5.33. The molecule has 0 aromatic rings. The van der Waals surface area contributed by atoms with E-state index in [1.807, 2.05) is 0 Å². The molecule has 0 saturated heterocycles. The molecule has 0 amide bonds. The SMILES string of the molecule is C#CC(CCCC)CO[Si](C)C. The summed E-state index contributed by atoms with van der Waals surface area (Å²) in [5, 5.41) is 0. The van der Waals surface area contributed by atoms with Gasteiger partial charge in [-0.2, -0.15) is 0 Å². The van der Waals surface area contributed by atoms with E-state index in [9.17, 15) is 0 Å². The van der Waals surface area contributed by atoms with Gasteiger partial charge in [0.25, 0.3) is 0 Å². The van der Waals surface area contributed by atoms with E-state index >= 15 is 0 Å². The summed E-state index contributed by atoms with van der Waals surface area (Å²) in [6.45, 7) is 7.22. The zero-order valence-electron chi connectivity index (χ0n) is 8.39. The van der Waals surface area contributed by atoms with Crippen molar-refractivity contribution in [3.8, 4) is 12.3 Å². The fourth-order valence-electron chi connectivity index (χ4n) is 0.933. The minimum Gasteiger partial charge on any atom is -0.416 e. The first-order valence-electron chi connectivity index (χ1n) is 4.59. The Balaban J connectivity index is 3.48. The monoisotopic (exact) mass is 183 g/mol. The topological polar surface area (TPSA) is 9.23 Å². The van der Waals surface area contributed by atoms with E-state index in [1.165, 1.54) is 12.8 Å². The lowest BCUT2D eigenvalue weighted by molar-refractivity contribution is 0.276. The van der Waals surface area contributed by atoms with Crippen molar-refractivity contribution in [1.82, 2.24) is 0 Å². The van der Waals surface area contributed by atoms with Gasteiger partial charge in [0.15, 0.2) is 0 Å². The summed E-state index contributed by atoms with van der Waals surface area (Å²) in [6.07, 6.45) is 8.93. The fourth-order valence-corrected chi connectivity index (χ4v) is 1.47. The van der Waals surface area contributed by atoms with Crippen LogP contribution in [-0.2, 0) is 4.43 Å². The van der Waals surface area contributed by atoms with E-state index in [1.54, 1.807) is 0 Å². The fraction of sp³-hybridized carbons (Fsp3) is 0.800. The molecule has 1 nitrogen and oxygen atoms in total. The highest BCUT2D eigenvalue weighted by Crippen LogP contribution is 2.08. The van der Waals surface area contributed by atoms with Crippen molar-refractivity contribution < 1.29 is 4.43 Å². The van der Waals surface area contributed by atoms with E-state index < -0.39 is 9.04 Å². The zero-order chi connectivity index (χ0) is 9.40. The van der Waals surface area contributed by atoms with Gasteiger partial charge in [-0.15, -0.1) is 12.3 Å². The number of hydrogen-bond acceptors (Lipinski definition) is 1. The largest absolute Gasteiger partial charge is 0.416 e. The van der Waals surface area contributed by atoms with Crippen LogP contribution in [0, 0.1) is 18.3 Å². The number of rotatable bonds is 6. The lowest BCUT2D eigenvalue weighted by Gasteiger charge is -2.11. The van der Waals surface area contributed by atoms with Crippen LogP contribution in [0.25, 0.3) is 0 Å². The van der Waals surface area contributed by atoms with Crippen LogP contribution in [0.2, 0.25) is 13.1 Å². The summed E-state index contributed by atoms with van der Waals surface area (Å²) in [5.41, 5.74) is 0. The Bertz CT molecular complexity index is 137. The van der Waals surface area contributed by atoms with Gasteiger partial charge in [0.05, 0.1) is 0 Å². The van der Waals surface area contributed by atoms with Gasteiger partial charge in [-0.05, 0) is 19.5 Å². The number of terminal acetylenes is 1. The molecule has 1 radical (unpaired) electrons. The molecule has 0 spiro atoms. The van der Waals surface area contributed by atoms with Crippen molar-refractivity contribution in [2.75, 3.05) is 6.61 Å². The van der Waals surface area contributed by atoms with Crippen molar-refractivity contribution in [3.63, 3.8) is 0 Å². The minimum atomic E-state index is -0.560. The van der Waals surface area contributed by atoms with Crippen LogP contribution in [-0.4, -0.2) is 15.6 Å². The third-order valence-electron chi connectivity index (χ3n) is 1.72. The Hall–Kier alpha value is -0.263. The van der Waals surface area contributed by atoms with E-state index in [0.717, 1.165) is 13.0 Å². The molecule has 0 aliphatic rings. The van der Waals surface area contributed by atoms with Gasteiger partial charge >= 0.3 is 0 Å². The van der Waals surface area contributed by atoms with E-state index in [-0.39, 0.29) is 0 Å². The second kappa shape index (κ2) is 7.39. The van der Waals surface area contributed by atoms with Crippen molar-refractivity contribution in [1.29, 1.82) is 0 Å². The molecule has 12 heavy (non-hydrogen) atoms. The lowest BCUT2D eigenvalue weighted by atomic mass is 10.0. The standard InChI is InChI=1S/C10H19OSi/c1-5-7-8-10(6-2)9-11-12(3)4/h2,10H,5,7-9H2,1,3-4H3. The third kappa shape index (κ3) is 6.45. The first-order chi connectivity index (χ1) is 5.70. The van der Waals surface area contributed by atoms with Crippen molar-refractivity contribution in [3.05, 3.63) is 0 Å². The first-order valence-corrected chi connectivity index (χ1v) is 7.00. The molecule has 1 unspecified atom stereocenters. The summed E-state index contributed by atoms with van der Waals surface area (Å²) >= 11 is 0. The Labute approximate surface area is 78.2 Å². The molecule has 1 atom stereocenters. The van der Waals surface area contributed by atoms with Crippen LogP contribution in [0.1, 0.15) is 26.2 Å². The van der Waals surface area contributed by atoms with Gasteiger partial charge in [0, 0.05) is 12.5 Å². The van der Waals surface area contributed by atoms with Crippen LogP contribution in [0.15, 0.2) is 0 Å². The highest BCUT2D eigenvalue weighted by Gasteiger charge is 2.05. The van der Waals surface area contributed by atoms with Crippen LogP contribution in [0.4, 0.5) is 0 Å². The highest BCUT2D eigenvalue weighted by atomic mass is 28.3. The predicted molar refractivity (Wildman–Crippen MR) is 55.3 cm³/mol. The summed E-state index contributed by atoms with van der Waals surface area (Å²) in [6, 6.07) is 0. The molecule has 0 fully saturated rings. The molecule has 0 aliphatic carbocycles. The predicted octanol–water partition coefficient (Wildman–Crippen LogP) is 2.69. The smallest absolute Gasteiger partial charge is 0.204 e. The van der Waals surface area contributed by atoms with Crippen LogP contribution >= 0.6 is 0 Å². The molecule has 0 aromatic carbocycles. The van der Waals surface area contributed by atoms with Crippen LogP contribution < -0.4 is 0 Å². The summed E-state index contributed by atoms with van der Waals surface area (Å²) < 4.78 is 5.55. The van der Waals surface area contributed by atoms with Gasteiger partial charge < -0.3 is 4.43 Å². The molecular formula is C10H19OSi. The summed E-state index contributed by atoms with van der Waals surface area (Å²) in [7, 11) is -0.560. The normalized spacial score (nSPS) is 12.9. The Kier molecular flexibility index (Phi) is 7.23. The van der Waals surface area contributed by atoms with Crippen LogP contribution in [0.3, 0.4) is 0 Å². The number of unbranched alkanes of at least 4 members (excludes halogenated alkanes) is 1.